The van der Waals surface area contributed by atoms with Gasteiger partial charge in [-0.05, 0) is 91.5 Å². The van der Waals surface area contributed by atoms with Gasteiger partial charge in [0.1, 0.15) is 0 Å². The molecular formula is C31H56. The molecule has 1 aromatic rings. The van der Waals surface area contributed by atoms with Crippen molar-refractivity contribution >= 4 is 0 Å². The molecule has 2 rings (SSSR count). The van der Waals surface area contributed by atoms with Crippen LogP contribution in [-0.4, -0.2) is 0 Å². The summed E-state index contributed by atoms with van der Waals surface area (Å²) in [7, 11) is 0. The van der Waals surface area contributed by atoms with E-state index in [9.17, 15) is 0 Å². The van der Waals surface area contributed by atoms with Crippen molar-refractivity contribution in [2.24, 2.45) is 17.3 Å². The topological polar surface area (TPSA) is 0 Å². The molecule has 0 bridgehead atoms. The fourth-order valence-corrected chi connectivity index (χ4v) is 5.69. The molecule has 180 valence electrons. The molecule has 0 heteroatoms. The lowest BCUT2D eigenvalue weighted by molar-refractivity contribution is 0.238. The van der Waals surface area contributed by atoms with E-state index in [-0.39, 0.29) is 0 Å². The molecule has 3 atom stereocenters. The predicted molar refractivity (Wildman–Crippen MR) is 142 cm³/mol. The lowest BCUT2D eigenvalue weighted by atomic mass is 9.68. The number of benzene rings is 1. The summed E-state index contributed by atoms with van der Waals surface area (Å²) in [6, 6.07) is 2.41. The van der Waals surface area contributed by atoms with Crippen LogP contribution >= 0.6 is 0 Å². The maximum Gasteiger partial charge on any atom is -0.0219 e. The Bertz CT molecular complexity index is 625. The van der Waals surface area contributed by atoms with Crippen LogP contribution in [0.4, 0.5) is 0 Å². The highest BCUT2D eigenvalue weighted by Crippen LogP contribution is 2.42. The zero-order chi connectivity index (χ0) is 23.4. The minimum absolute atomic E-state index is 0.519. The van der Waals surface area contributed by atoms with Crippen molar-refractivity contribution in [1.82, 2.24) is 0 Å². The molecule has 0 radical (unpaired) electrons. The van der Waals surface area contributed by atoms with Gasteiger partial charge in [-0.25, -0.2) is 0 Å². The number of unbranched alkanes of at least 4 members (excludes halogenated alkanes) is 2. The van der Waals surface area contributed by atoms with Crippen LogP contribution in [0.3, 0.4) is 0 Å². The number of fused-ring (bicyclic) bond motifs is 1. The molecule has 0 fully saturated rings. The van der Waals surface area contributed by atoms with E-state index in [1.54, 1.807) is 16.7 Å². The third kappa shape index (κ3) is 9.31. The molecule has 0 saturated heterocycles. The molecular weight excluding hydrogens is 372 g/mol. The van der Waals surface area contributed by atoms with Gasteiger partial charge in [0, 0.05) is 0 Å². The van der Waals surface area contributed by atoms with Gasteiger partial charge < -0.3 is 0 Å². The van der Waals surface area contributed by atoms with Crippen molar-refractivity contribution < 1.29 is 0 Å². The number of rotatable bonds is 12. The molecule has 0 nitrogen and oxygen atoms in total. The number of hydrogen-bond acceptors (Lipinski definition) is 0. The highest BCUT2D eigenvalue weighted by Gasteiger charge is 2.31. The fraction of sp³-hybridized carbons (Fsp3) is 0.806. The predicted octanol–water partition coefficient (Wildman–Crippen LogP) is 10.3. The lowest BCUT2D eigenvalue weighted by Crippen LogP contribution is -2.27. The van der Waals surface area contributed by atoms with Gasteiger partial charge in [-0.15, -0.1) is 0 Å². The zero-order valence-electron chi connectivity index (χ0n) is 22.9. The smallest absolute Gasteiger partial charge is 0.0219 e. The average Bonchev–Trinajstić information content (AvgIpc) is 2.73. The summed E-state index contributed by atoms with van der Waals surface area (Å²) in [5.74, 6) is 1.84. The minimum Gasteiger partial charge on any atom is -0.0683 e. The van der Waals surface area contributed by atoms with Crippen molar-refractivity contribution in [3.8, 4) is 0 Å². The second-order valence-electron chi connectivity index (χ2n) is 11.1. The third-order valence-electron chi connectivity index (χ3n) is 8.07. The molecule has 1 aliphatic rings. The van der Waals surface area contributed by atoms with E-state index in [0.29, 0.717) is 5.41 Å². The Morgan fingerprint density at radius 1 is 0.806 bits per heavy atom. The Hall–Kier alpha value is -0.780. The molecule has 0 N–H and O–H groups in total. The lowest BCUT2D eigenvalue weighted by Gasteiger charge is -2.37. The maximum absolute atomic E-state index is 2.57. The van der Waals surface area contributed by atoms with E-state index >= 15 is 0 Å². The first kappa shape index (κ1) is 28.3. The second-order valence-corrected chi connectivity index (χ2v) is 11.1. The highest BCUT2D eigenvalue weighted by molar-refractivity contribution is 5.46. The molecule has 0 spiro atoms. The Morgan fingerprint density at radius 2 is 1.39 bits per heavy atom. The Kier molecular flexibility index (Phi) is 13.1. The Balaban J connectivity index is 0.00000233. The molecule has 0 saturated carbocycles. The molecule has 0 aromatic heterocycles. The molecule has 3 unspecified atom stereocenters. The first-order valence-corrected chi connectivity index (χ1v) is 13.8. The van der Waals surface area contributed by atoms with Gasteiger partial charge in [-0.1, -0.05) is 105 Å². The van der Waals surface area contributed by atoms with Gasteiger partial charge in [0.15, 0.2) is 0 Å². The van der Waals surface area contributed by atoms with Crippen LogP contribution in [0, 0.1) is 38.0 Å². The normalized spacial score (nSPS) is 19.9. The largest absolute Gasteiger partial charge is 0.0683 e. The van der Waals surface area contributed by atoms with Crippen LogP contribution in [-0.2, 0) is 12.8 Å². The van der Waals surface area contributed by atoms with Gasteiger partial charge in [-0.3, -0.25) is 0 Å². The number of aryl methyl sites for hydroxylation is 2. The molecule has 0 aliphatic heterocycles. The summed E-state index contributed by atoms with van der Waals surface area (Å²) in [4.78, 5) is 0. The van der Waals surface area contributed by atoms with Gasteiger partial charge in [0.05, 0.1) is 0 Å². The molecule has 1 aromatic carbocycles. The van der Waals surface area contributed by atoms with Crippen LogP contribution in [0.1, 0.15) is 140 Å². The minimum atomic E-state index is 0.519. The van der Waals surface area contributed by atoms with Crippen molar-refractivity contribution in [2.45, 2.75) is 146 Å². The third-order valence-corrected chi connectivity index (χ3v) is 8.07. The van der Waals surface area contributed by atoms with Crippen LogP contribution in [0.5, 0.6) is 0 Å². The maximum atomic E-state index is 2.57. The van der Waals surface area contributed by atoms with E-state index in [1.807, 2.05) is 13.8 Å². The first-order chi connectivity index (χ1) is 14.8. The second kappa shape index (κ2) is 14.4. The SMILES string of the molecule is CC.CCCCCC(C)CCCC(C)CCCC1(C)CCc2c(C)cc(C)c(C)c2C1. The molecule has 1 aliphatic carbocycles. The highest BCUT2D eigenvalue weighted by atomic mass is 14.4. The fourth-order valence-electron chi connectivity index (χ4n) is 5.69. The zero-order valence-corrected chi connectivity index (χ0v) is 22.9. The number of hydrogen-bond donors (Lipinski definition) is 0. The van der Waals surface area contributed by atoms with Crippen LogP contribution in [0.2, 0.25) is 0 Å². The van der Waals surface area contributed by atoms with Gasteiger partial charge in [0.25, 0.3) is 0 Å². The monoisotopic (exact) mass is 428 g/mol. The van der Waals surface area contributed by atoms with Gasteiger partial charge >= 0.3 is 0 Å². The van der Waals surface area contributed by atoms with Crippen molar-refractivity contribution in [1.29, 1.82) is 0 Å². The quantitative estimate of drug-likeness (QED) is 0.290. The van der Waals surface area contributed by atoms with Gasteiger partial charge in [0.2, 0.25) is 0 Å². The van der Waals surface area contributed by atoms with E-state index in [1.165, 1.54) is 94.6 Å². The molecule has 0 amide bonds. The standard InChI is InChI=1S/C29H50.C2H6/c1-8-9-10-13-22(2)14-11-15-23(3)16-12-18-29(7)19-17-27-25(5)20-24(4)26(6)28(27)21-29;1-2/h20,22-23H,8-19,21H2,1-7H3;1-2H3. The van der Waals surface area contributed by atoms with Crippen molar-refractivity contribution in [3.05, 3.63) is 33.9 Å². The molecule has 0 heterocycles. The molecule has 31 heavy (non-hydrogen) atoms. The van der Waals surface area contributed by atoms with E-state index in [0.717, 1.165) is 11.8 Å². The van der Waals surface area contributed by atoms with E-state index in [2.05, 4.69) is 54.5 Å². The summed E-state index contributed by atoms with van der Waals surface area (Å²) in [5, 5.41) is 0. The first-order valence-electron chi connectivity index (χ1n) is 13.8. The average molecular weight is 429 g/mol. The summed E-state index contributed by atoms with van der Waals surface area (Å²) >= 11 is 0. The Labute approximate surface area is 197 Å². The van der Waals surface area contributed by atoms with Crippen molar-refractivity contribution in [3.63, 3.8) is 0 Å². The van der Waals surface area contributed by atoms with Crippen LogP contribution in [0.15, 0.2) is 6.07 Å². The van der Waals surface area contributed by atoms with Crippen LogP contribution in [0.25, 0.3) is 0 Å². The van der Waals surface area contributed by atoms with Crippen molar-refractivity contribution in [2.75, 3.05) is 0 Å². The van der Waals surface area contributed by atoms with Gasteiger partial charge in [-0.2, -0.15) is 0 Å². The Morgan fingerprint density at radius 3 is 2.00 bits per heavy atom. The summed E-state index contributed by atoms with van der Waals surface area (Å²) < 4.78 is 0. The van der Waals surface area contributed by atoms with Crippen LogP contribution < -0.4 is 0 Å². The summed E-state index contributed by atoms with van der Waals surface area (Å²) in [6.45, 7) is 20.8. The van der Waals surface area contributed by atoms with E-state index in [4.69, 9.17) is 0 Å². The summed E-state index contributed by atoms with van der Waals surface area (Å²) in [6.07, 6.45) is 18.2. The summed E-state index contributed by atoms with van der Waals surface area (Å²) in [5.41, 5.74) is 8.47. The van der Waals surface area contributed by atoms with E-state index < -0.39 is 0 Å².